The Hall–Kier alpha value is -4.51. The van der Waals surface area contributed by atoms with Crippen molar-refractivity contribution in [1.82, 2.24) is 20.5 Å². The van der Waals surface area contributed by atoms with Gasteiger partial charge in [0.05, 0.1) is 30.1 Å². The molecule has 3 atom stereocenters. The first kappa shape index (κ1) is 38.7. The summed E-state index contributed by atoms with van der Waals surface area (Å²) >= 11 is 1.47. The summed E-state index contributed by atoms with van der Waals surface area (Å²) in [6.45, 7) is 2.40. The van der Waals surface area contributed by atoms with Crippen LogP contribution in [0.4, 0.5) is 18.9 Å². The van der Waals surface area contributed by atoms with Gasteiger partial charge in [0, 0.05) is 48.9 Å². The minimum atomic E-state index is -4.84. The van der Waals surface area contributed by atoms with Crippen LogP contribution in [0.5, 0.6) is 5.75 Å². The van der Waals surface area contributed by atoms with Crippen LogP contribution < -0.4 is 19.7 Å². The zero-order chi connectivity index (χ0) is 37.6. The molecular weight excluding hydrogens is 720 g/mol. The van der Waals surface area contributed by atoms with Gasteiger partial charge in [-0.15, -0.1) is 24.5 Å². The molecule has 5 rings (SSSR count). The molecule has 4 aromatic rings. The summed E-state index contributed by atoms with van der Waals surface area (Å²) in [4.78, 5) is 34.3. The number of nitrogens with zero attached hydrogens (tertiary/aromatic N) is 3. The normalized spacial score (nSPS) is 16.0. The molecule has 16 heteroatoms. The first-order chi connectivity index (χ1) is 24.6. The molecule has 1 fully saturated rings. The summed E-state index contributed by atoms with van der Waals surface area (Å²) in [5, 5.41) is 19.9. The van der Waals surface area contributed by atoms with Crippen LogP contribution in [0.1, 0.15) is 61.4 Å². The third-order valence-corrected chi connectivity index (χ3v) is 10.9. The number of likely N-dealkylation sites (tertiary alicyclic amines) is 1. The predicted molar refractivity (Wildman–Crippen MR) is 192 cm³/mol. The van der Waals surface area contributed by atoms with Crippen molar-refractivity contribution >= 4 is 38.9 Å². The van der Waals surface area contributed by atoms with E-state index >= 15 is 0 Å². The Bertz CT molecular complexity index is 1980. The molecular formula is C36H40F3N5O6S2. The van der Waals surface area contributed by atoms with E-state index in [4.69, 9.17) is 0 Å². The molecule has 278 valence electrons. The minimum Gasteiger partial charge on any atom is -0.406 e. The number of rotatable bonds is 14. The highest BCUT2D eigenvalue weighted by Gasteiger charge is 2.34. The highest BCUT2D eigenvalue weighted by molar-refractivity contribution is 7.92. The number of anilines is 1. The summed E-state index contributed by atoms with van der Waals surface area (Å²) in [5.41, 5.74) is 2.38. The molecule has 0 saturated carbocycles. The molecule has 52 heavy (non-hydrogen) atoms. The standard InChI is InChI=1S/C36H40F3N5O6S2/c1-23-22-51-34(41-23)31-13-8-14-44(31)35(47)27-17-26(18-28(19-27)43(2)52(3,48)49)33(46)42-30(16-24-9-5-4-6-10-24)32(45)21-40-20-25-11-7-12-29(15-25)50-36(37,38)39/h4-7,9-12,15,17-19,22,30-32,40,45H,8,13-14,16,20-21H2,1-3H3,(H,42,46)/t30-,31+,32+/m0/s1. The highest BCUT2D eigenvalue weighted by atomic mass is 32.2. The molecule has 3 N–H and O–H groups in total. The van der Waals surface area contributed by atoms with E-state index in [-0.39, 0.29) is 54.0 Å². The van der Waals surface area contributed by atoms with Crippen molar-refractivity contribution in [2.75, 3.05) is 30.7 Å². The Morgan fingerprint density at radius 1 is 1.08 bits per heavy atom. The number of sulfonamides is 1. The third kappa shape index (κ3) is 10.3. The monoisotopic (exact) mass is 759 g/mol. The SMILES string of the molecule is Cc1csc([C@H]2CCCN2C(=O)c2cc(C(=O)N[C@@H](Cc3ccccc3)[C@H](O)CNCc3cccc(OC(F)(F)F)c3)cc(N(C)S(C)(=O)=O)c2)n1. The summed E-state index contributed by atoms with van der Waals surface area (Å²) in [7, 11) is -2.45. The van der Waals surface area contributed by atoms with E-state index in [0.717, 1.165) is 39.7 Å². The second-order valence-electron chi connectivity index (χ2n) is 12.6. The molecule has 1 aromatic heterocycles. The first-order valence-electron chi connectivity index (χ1n) is 16.5. The minimum absolute atomic E-state index is 0.0110. The number of aryl methyl sites for hydroxylation is 1. The number of aliphatic hydroxyl groups excluding tert-OH is 1. The van der Waals surface area contributed by atoms with Gasteiger partial charge in [0.2, 0.25) is 10.0 Å². The van der Waals surface area contributed by atoms with Crippen molar-refractivity contribution in [3.8, 4) is 5.75 Å². The lowest BCUT2D eigenvalue weighted by atomic mass is 10.00. The predicted octanol–water partition coefficient (Wildman–Crippen LogP) is 5.22. The Kier molecular flexibility index (Phi) is 12.2. The lowest BCUT2D eigenvalue weighted by Gasteiger charge is -2.26. The van der Waals surface area contributed by atoms with Gasteiger partial charge in [-0.25, -0.2) is 13.4 Å². The number of thiazole rings is 1. The van der Waals surface area contributed by atoms with Crippen LogP contribution in [0.3, 0.4) is 0 Å². The van der Waals surface area contributed by atoms with Gasteiger partial charge in [-0.3, -0.25) is 13.9 Å². The maximum atomic E-state index is 14.0. The lowest BCUT2D eigenvalue weighted by molar-refractivity contribution is -0.274. The summed E-state index contributed by atoms with van der Waals surface area (Å²) in [6, 6.07) is 17.7. The zero-order valence-electron chi connectivity index (χ0n) is 28.8. The van der Waals surface area contributed by atoms with Crippen molar-refractivity contribution in [3.63, 3.8) is 0 Å². The number of carbonyl (C=O) groups excluding carboxylic acids is 2. The van der Waals surface area contributed by atoms with E-state index in [1.165, 1.54) is 54.8 Å². The van der Waals surface area contributed by atoms with Gasteiger partial charge in [0.25, 0.3) is 11.8 Å². The largest absolute Gasteiger partial charge is 0.573 e. The van der Waals surface area contributed by atoms with Crippen molar-refractivity contribution in [3.05, 3.63) is 111 Å². The maximum Gasteiger partial charge on any atom is 0.573 e. The molecule has 0 unspecified atom stereocenters. The molecule has 1 saturated heterocycles. The van der Waals surface area contributed by atoms with Crippen LogP contribution in [-0.2, 0) is 23.0 Å². The van der Waals surface area contributed by atoms with Crippen LogP contribution in [0.2, 0.25) is 0 Å². The maximum absolute atomic E-state index is 14.0. The number of hydrogen-bond donors (Lipinski definition) is 3. The van der Waals surface area contributed by atoms with E-state index < -0.39 is 34.4 Å². The molecule has 1 aliphatic rings. The van der Waals surface area contributed by atoms with Gasteiger partial charge in [0.15, 0.2) is 0 Å². The fourth-order valence-electron chi connectivity index (χ4n) is 5.96. The quantitative estimate of drug-likeness (QED) is 0.159. The van der Waals surface area contributed by atoms with E-state index in [1.54, 1.807) is 11.0 Å². The van der Waals surface area contributed by atoms with Gasteiger partial charge in [-0.2, -0.15) is 0 Å². The Labute approximate surface area is 304 Å². The average Bonchev–Trinajstić information content (AvgIpc) is 3.75. The summed E-state index contributed by atoms with van der Waals surface area (Å²) in [5.74, 6) is -1.40. The van der Waals surface area contributed by atoms with Gasteiger partial charge < -0.3 is 25.4 Å². The Morgan fingerprint density at radius 3 is 2.46 bits per heavy atom. The number of ether oxygens (including phenoxy) is 1. The second-order valence-corrected chi connectivity index (χ2v) is 15.5. The van der Waals surface area contributed by atoms with Crippen LogP contribution in [-0.4, -0.2) is 80.1 Å². The fourth-order valence-corrected chi connectivity index (χ4v) is 7.39. The Balaban J connectivity index is 1.38. The summed E-state index contributed by atoms with van der Waals surface area (Å²) < 4.78 is 68.2. The van der Waals surface area contributed by atoms with E-state index in [9.17, 15) is 36.3 Å². The van der Waals surface area contributed by atoms with E-state index in [2.05, 4.69) is 20.4 Å². The number of alkyl halides is 3. The number of benzene rings is 3. The molecule has 0 bridgehead atoms. The smallest absolute Gasteiger partial charge is 0.406 e. The van der Waals surface area contributed by atoms with Crippen molar-refractivity contribution in [2.24, 2.45) is 0 Å². The number of halogens is 3. The van der Waals surface area contributed by atoms with Crippen LogP contribution >= 0.6 is 11.3 Å². The van der Waals surface area contributed by atoms with Gasteiger partial charge in [-0.05, 0) is 67.6 Å². The topological polar surface area (TPSA) is 141 Å². The molecule has 1 aliphatic heterocycles. The number of aromatic nitrogens is 1. The number of nitrogens with one attached hydrogen (secondary N) is 2. The molecule has 0 spiro atoms. The molecule has 0 aliphatic carbocycles. The molecule has 2 amide bonds. The number of carbonyl (C=O) groups is 2. The Morgan fingerprint density at radius 2 is 1.79 bits per heavy atom. The van der Waals surface area contributed by atoms with Gasteiger partial charge in [0.1, 0.15) is 10.8 Å². The van der Waals surface area contributed by atoms with Crippen LogP contribution in [0.25, 0.3) is 0 Å². The molecule has 2 heterocycles. The molecule has 11 nitrogen and oxygen atoms in total. The number of aliphatic hydroxyl groups is 1. The van der Waals surface area contributed by atoms with Crippen molar-refractivity contribution < 1.29 is 41.0 Å². The summed E-state index contributed by atoms with van der Waals surface area (Å²) in [6.07, 6.45) is -3.31. The van der Waals surface area contributed by atoms with Gasteiger partial charge >= 0.3 is 6.36 Å². The molecule has 0 radical (unpaired) electrons. The second kappa shape index (κ2) is 16.4. The third-order valence-electron chi connectivity index (χ3n) is 8.62. The number of amides is 2. The van der Waals surface area contributed by atoms with Gasteiger partial charge in [-0.1, -0.05) is 42.5 Å². The van der Waals surface area contributed by atoms with Crippen molar-refractivity contribution in [1.29, 1.82) is 0 Å². The zero-order valence-corrected chi connectivity index (χ0v) is 30.4. The molecule has 3 aromatic carbocycles. The van der Waals surface area contributed by atoms with Crippen LogP contribution in [0, 0.1) is 6.92 Å². The highest BCUT2D eigenvalue weighted by Crippen LogP contribution is 2.35. The average molecular weight is 760 g/mol. The van der Waals surface area contributed by atoms with Crippen molar-refractivity contribution in [2.45, 2.75) is 57.3 Å². The lowest BCUT2D eigenvalue weighted by Crippen LogP contribution is -2.48. The number of hydrogen-bond acceptors (Lipinski definition) is 9. The van der Waals surface area contributed by atoms with E-state index in [1.807, 2.05) is 42.6 Å². The first-order valence-corrected chi connectivity index (χ1v) is 19.2. The fraction of sp³-hybridized carbons (Fsp3) is 0.361. The van der Waals surface area contributed by atoms with Crippen LogP contribution in [0.15, 0.2) is 78.2 Å². The van der Waals surface area contributed by atoms with E-state index in [0.29, 0.717) is 12.1 Å².